The molecule has 0 radical (unpaired) electrons. The van der Waals surface area contributed by atoms with Crippen molar-refractivity contribution in [2.45, 2.75) is 38.6 Å². The summed E-state index contributed by atoms with van der Waals surface area (Å²) in [5.74, 6) is 1.63. The summed E-state index contributed by atoms with van der Waals surface area (Å²) in [5.41, 5.74) is 6.27. The molecular weight excluding hydrogens is 266 g/mol. The monoisotopic (exact) mass is 287 g/mol. The number of aromatic nitrogens is 2. The highest BCUT2D eigenvalue weighted by Crippen LogP contribution is 2.19. The molecule has 3 rings (SSSR count). The molecule has 1 aliphatic heterocycles. The van der Waals surface area contributed by atoms with E-state index in [1.165, 1.54) is 0 Å². The van der Waals surface area contributed by atoms with Gasteiger partial charge in [-0.1, -0.05) is 6.42 Å². The molecular formula is C16H21N3O2. The van der Waals surface area contributed by atoms with E-state index in [-0.39, 0.29) is 5.56 Å². The van der Waals surface area contributed by atoms with Gasteiger partial charge < -0.3 is 10.5 Å². The van der Waals surface area contributed by atoms with Crippen LogP contribution in [0.4, 0.5) is 0 Å². The lowest BCUT2D eigenvalue weighted by molar-refractivity contribution is 0.314. The summed E-state index contributed by atoms with van der Waals surface area (Å²) in [6.07, 6.45) is 5.01. The van der Waals surface area contributed by atoms with E-state index >= 15 is 0 Å². The van der Waals surface area contributed by atoms with E-state index in [1.807, 2.05) is 16.7 Å². The largest absolute Gasteiger partial charge is 0.494 e. The first kappa shape index (κ1) is 14.1. The van der Waals surface area contributed by atoms with E-state index in [0.29, 0.717) is 24.3 Å². The predicted molar refractivity (Wildman–Crippen MR) is 82.7 cm³/mol. The molecule has 2 heterocycles. The average molecular weight is 287 g/mol. The Morgan fingerprint density at radius 3 is 3.05 bits per heavy atom. The molecule has 0 fully saturated rings. The molecule has 112 valence electrons. The van der Waals surface area contributed by atoms with E-state index in [2.05, 4.69) is 4.98 Å². The second-order valence-corrected chi connectivity index (χ2v) is 5.47. The fraction of sp³-hybridized carbons (Fsp3) is 0.500. The Bertz CT molecular complexity index is 694. The van der Waals surface area contributed by atoms with Gasteiger partial charge >= 0.3 is 0 Å². The maximum atomic E-state index is 12.7. The lowest BCUT2D eigenvalue weighted by atomic mass is 10.2. The third-order valence-electron chi connectivity index (χ3n) is 3.90. The Morgan fingerprint density at radius 2 is 2.19 bits per heavy atom. The van der Waals surface area contributed by atoms with E-state index in [9.17, 15) is 4.79 Å². The first-order chi connectivity index (χ1) is 10.3. The smallest absolute Gasteiger partial charge is 0.261 e. The Hall–Kier alpha value is -1.88. The third kappa shape index (κ3) is 2.93. The Morgan fingerprint density at radius 1 is 1.29 bits per heavy atom. The predicted octanol–water partition coefficient (Wildman–Crippen LogP) is 1.85. The number of hydrogen-bond donors (Lipinski definition) is 1. The van der Waals surface area contributed by atoms with Gasteiger partial charge in [-0.2, -0.15) is 0 Å². The van der Waals surface area contributed by atoms with Crippen LogP contribution in [0.1, 0.15) is 31.5 Å². The van der Waals surface area contributed by atoms with Gasteiger partial charge in [0, 0.05) is 13.0 Å². The van der Waals surface area contributed by atoms with Gasteiger partial charge in [0.1, 0.15) is 11.6 Å². The molecule has 1 aromatic heterocycles. The van der Waals surface area contributed by atoms with Gasteiger partial charge in [0.2, 0.25) is 0 Å². The van der Waals surface area contributed by atoms with Crippen molar-refractivity contribution in [3.63, 3.8) is 0 Å². The number of fused-ring (bicyclic) bond motifs is 2. The zero-order valence-corrected chi connectivity index (χ0v) is 12.2. The number of aryl methyl sites for hydroxylation is 1. The lowest BCUT2D eigenvalue weighted by Gasteiger charge is -2.11. The molecule has 0 amide bonds. The van der Waals surface area contributed by atoms with E-state index in [0.717, 1.165) is 50.0 Å². The Balaban J connectivity index is 2.00. The number of ether oxygens (including phenoxy) is 1. The molecule has 5 nitrogen and oxygen atoms in total. The highest BCUT2D eigenvalue weighted by molar-refractivity contribution is 5.79. The van der Waals surface area contributed by atoms with Gasteiger partial charge in [0.25, 0.3) is 5.56 Å². The SMILES string of the molecule is NCCCOc1ccc2nc3n(c(=O)c2c1)CCCCC3. The van der Waals surface area contributed by atoms with Crippen molar-refractivity contribution in [3.05, 3.63) is 34.4 Å². The molecule has 5 heteroatoms. The molecule has 0 aliphatic carbocycles. The van der Waals surface area contributed by atoms with Crippen molar-refractivity contribution < 1.29 is 4.74 Å². The Kier molecular flexibility index (Phi) is 4.20. The van der Waals surface area contributed by atoms with Crippen molar-refractivity contribution in [2.75, 3.05) is 13.2 Å². The standard InChI is InChI=1S/C16H21N3O2/c17-8-4-10-21-12-6-7-14-13(11-12)16(20)19-9-3-1-2-5-15(19)18-14/h6-7,11H,1-5,8-10,17H2. The van der Waals surface area contributed by atoms with E-state index in [1.54, 1.807) is 6.07 Å². The normalized spacial score (nSPS) is 14.7. The van der Waals surface area contributed by atoms with Crippen molar-refractivity contribution in [3.8, 4) is 5.75 Å². The van der Waals surface area contributed by atoms with Crippen LogP contribution in [0.15, 0.2) is 23.0 Å². The lowest BCUT2D eigenvalue weighted by Crippen LogP contribution is -2.24. The second kappa shape index (κ2) is 6.26. The summed E-state index contributed by atoms with van der Waals surface area (Å²) in [5, 5.41) is 0.644. The van der Waals surface area contributed by atoms with Gasteiger partial charge in [-0.25, -0.2) is 4.98 Å². The quantitative estimate of drug-likeness (QED) is 0.871. The minimum Gasteiger partial charge on any atom is -0.494 e. The van der Waals surface area contributed by atoms with Crippen LogP contribution >= 0.6 is 0 Å². The zero-order valence-electron chi connectivity index (χ0n) is 12.2. The minimum absolute atomic E-state index is 0.0566. The van der Waals surface area contributed by atoms with Gasteiger partial charge in [-0.15, -0.1) is 0 Å². The number of nitrogens with zero attached hydrogens (tertiary/aromatic N) is 2. The molecule has 0 atom stereocenters. The van der Waals surface area contributed by atoms with Crippen LogP contribution in [-0.4, -0.2) is 22.7 Å². The summed E-state index contributed by atoms with van der Waals surface area (Å²) < 4.78 is 7.45. The van der Waals surface area contributed by atoms with Gasteiger partial charge in [-0.3, -0.25) is 9.36 Å². The first-order valence-electron chi connectivity index (χ1n) is 7.66. The fourth-order valence-electron chi connectivity index (χ4n) is 2.76. The number of hydrogen-bond acceptors (Lipinski definition) is 4. The second-order valence-electron chi connectivity index (χ2n) is 5.47. The van der Waals surface area contributed by atoms with Crippen LogP contribution in [0.25, 0.3) is 10.9 Å². The van der Waals surface area contributed by atoms with Gasteiger partial charge in [0.05, 0.1) is 17.5 Å². The van der Waals surface area contributed by atoms with Crippen LogP contribution in [-0.2, 0) is 13.0 Å². The molecule has 0 saturated carbocycles. The molecule has 2 aromatic rings. The van der Waals surface area contributed by atoms with Crippen molar-refractivity contribution in [1.82, 2.24) is 9.55 Å². The number of nitrogens with two attached hydrogens (primary N) is 1. The van der Waals surface area contributed by atoms with Crippen LogP contribution in [0.3, 0.4) is 0 Å². The zero-order chi connectivity index (χ0) is 14.7. The molecule has 0 saturated heterocycles. The highest BCUT2D eigenvalue weighted by Gasteiger charge is 2.14. The van der Waals surface area contributed by atoms with E-state index in [4.69, 9.17) is 10.5 Å². The molecule has 21 heavy (non-hydrogen) atoms. The molecule has 0 unspecified atom stereocenters. The van der Waals surface area contributed by atoms with Crippen molar-refractivity contribution in [2.24, 2.45) is 5.73 Å². The Labute approximate surface area is 123 Å². The molecule has 1 aliphatic rings. The maximum Gasteiger partial charge on any atom is 0.261 e. The fourth-order valence-corrected chi connectivity index (χ4v) is 2.76. The molecule has 1 aromatic carbocycles. The summed E-state index contributed by atoms with van der Waals surface area (Å²) in [6, 6.07) is 5.55. The van der Waals surface area contributed by atoms with Crippen LogP contribution in [0.5, 0.6) is 5.75 Å². The molecule has 2 N–H and O–H groups in total. The van der Waals surface area contributed by atoms with Crippen molar-refractivity contribution >= 4 is 10.9 Å². The van der Waals surface area contributed by atoms with Gasteiger partial charge in [-0.05, 0) is 44.0 Å². The molecule has 0 spiro atoms. The molecule has 0 bridgehead atoms. The number of benzene rings is 1. The van der Waals surface area contributed by atoms with Crippen LogP contribution in [0.2, 0.25) is 0 Å². The highest BCUT2D eigenvalue weighted by atomic mass is 16.5. The van der Waals surface area contributed by atoms with E-state index < -0.39 is 0 Å². The summed E-state index contributed by atoms with van der Waals surface area (Å²) >= 11 is 0. The average Bonchev–Trinajstić information content (AvgIpc) is 2.74. The maximum absolute atomic E-state index is 12.7. The minimum atomic E-state index is 0.0566. The third-order valence-corrected chi connectivity index (χ3v) is 3.90. The summed E-state index contributed by atoms with van der Waals surface area (Å²) in [7, 11) is 0. The topological polar surface area (TPSA) is 70.1 Å². The summed E-state index contributed by atoms with van der Waals surface area (Å²) in [4.78, 5) is 17.3. The summed E-state index contributed by atoms with van der Waals surface area (Å²) in [6.45, 7) is 1.95. The van der Waals surface area contributed by atoms with Crippen molar-refractivity contribution in [1.29, 1.82) is 0 Å². The van der Waals surface area contributed by atoms with Crippen LogP contribution in [0, 0.1) is 0 Å². The number of rotatable bonds is 4. The first-order valence-corrected chi connectivity index (χ1v) is 7.66. The van der Waals surface area contributed by atoms with Gasteiger partial charge in [0.15, 0.2) is 0 Å². The van der Waals surface area contributed by atoms with Crippen LogP contribution < -0.4 is 16.0 Å².